The van der Waals surface area contributed by atoms with Gasteiger partial charge in [-0.15, -0.1) is 0 Å². The molecule has 0 aromatic heterocycles. The van der Waals surface area contributed by atoms with Crippen LogP contribution in [0.2, 0.25) is 0 Å². The van der Waals surface area contributed by atoms with E-state index in [1.807, 2.05) is 0 Å². The van der Waals surface area contributed by atoms with Crippen LogP contribution in [0.15, 0.2) is 22.7 Å². The van der Waals surface area contributed by atoms with Crippen LogP contribution in [-0.2, 0) is 10.2 Å². The van der Waals surface area contributed by atoms with Crippen LogP contribution in [0.1, 0.15) is 18.4 Å². The van der Waals surface area contributed by atoms with Gasteiger partial charge < -0.3 is 5.11 Å². The summed E-state index contributed by atoms with van der Waals surface area (Å²) in [6.45, 7) is 0. The fourth-order valence-corrected chi connectivity index (χ4v) is 2.54. The third kappa shape index (κ3) is 1.49. The van der Waals surface area contributed by atoms with Crippen LogP contribution in [0, 0.1) is 10.1 Å². The van der Waals surface area contributed by atoms with Crippen molar-refractivity contribution in [3.05, 3.63) is 38.3 Å². The molecule has 0 amide bonds. The van der Waals surface area contributed by atoms with Crippen molar-refractivity contribution in [2.24, 2.45) is 0 Å². The van der Waals surface area contributed by atoms with Gasteiger partial charge >= 0.3 is 5.97 Å². The molecule has 1 saturated carbocycles. The minimum atomic E-state index is -0.926. The fourth-order valence-electron chi connectivity index (χ4n) is 1.75. The molecule has 1 aliphatic carbocycles. The normalized spacial score (nSPS) is 16.8. The Morgan fingerprint density at radius 3 is 2.56 bits per heavy atom. The molecule has 1 aliphatic rings. The number of carbonyl (C=O) groups is 1. The summed E-state index contributed by atoms with van der Waals surface area (Å²) in [5, 5.41) is 19.8. The first-order valence-electron chi connectivity index (χ1n) is 4.66. The maximum Gasteiger partial charge on any atom is 0.314 e. The van der Waals surface area contributed by atoms with Crippen molar-refractivity contribution in [2.75, 3.05) is 0 Å². The molecule has 6 heteroatoms. The number of nitro groups is 1. The summed E-state index contributed by atoms with van der Waals surface area (Å²) in [6.07, 6.45) is 1.06. The van der Waals surface area contributed by atoms with E-state index in [1.165, 1.54) is 12.1 Å². The Kier molecular flexibility index (Phi) is 2.46. The monoisotopic (exact) mass is 285 g/mol. The number of hydrogen-bond donors (Lipinski definition) is 1. The van der Waals surface area contributed by atoms with Crippen LogP contribution in [0.4, 0.5) is 5.69 Å². The van der Waals surface area contributed by atoms with Crippen LogP contribution >= 0.6 is 15.9 Å². The van der Waals surface area contributed by atoms with Crippen molar-refractivity contribution in [1.82, 2.24) is 0 Å². The predicted molar refractivity (Wildman–Crippen MR) is 59.3 cm³/mol. The summed E-state index contributed by atoms with van der Waals surface area (Å²) in [5.74, 6) is -0.923. The third-order valence-electron chi connectivity index (χ3n) is 2.85. The average Bonchev–Trinajstić information content (AvgIpc) is 2.98. The average molecular weight is 286 g/mol. The highest BCUT2D eigenvalue weighted by molar-refractivity contribution is 9.10. The summed E-state index contributed by atoms with van der Waals surface area (Å²) >= 11 is 3.12. The van der Waals surface area contributed by atoms with Crippen LogP contribution in [-0.4, -0.2) is 16.0 Å². The van der Waals surface area contributed by atoms with Gasteiger partial charge in [-0.3, -0.25) is 14.9 Å². The van der Waals surface area contributed by atoms with Gasteiger partial charge in [-0.2, -0.15) is 0 Å². The minimum Gasteiger partial charge on any atom is -0.481 e. The summed E-state index contributed by atoms with van der Waals surface area (Å²) in [7, 11) is 0. The molecule has 0 spiro atoms. The van der Waals surface area contributed by atoms with Gasteiger partial charge in [0.1, 0.15) is 0 Å². The molecule has 0 atom stereocenters. The molecule has 5 nitrogen and oxygen atoms in total. The SMILES string of the molecule is O=C(O)C1(c2cccc([N+](=O)[O-])c2Br)CC1. The highest BCUT2D eigenvalue weighted by Crippen LogP contribution is 2.52. The van der Waals surface area contributed by atoms with Crippen molar-refractivity contribution in [1.29, 1.82) is 0 Å². The Bertz CT molecular complexity index is 482. The number of rotatable bonds is 3. The molecular formula is C10H8BrNO4. The molecule has 0 bridgehead atoms. The number of carboxylic acids is 1. The standard InChI is InChI=1S/C10H8BrNO4/c11-8-6(10(4-5-10)9(13)14)2-1-3-7(8)12(15)16/h1-3H,4-5H2,(H,13,14). The molecule has 1 N–H and O–H groups in total. The first kappa shape index (κ1) is 11.1. The Morgan fingerprint density at radius 2 is 2.12 bits per heavy atom. The minimum absolute atomic E-state index is 0.0926. The zero-order valence-corrected chi connectivity index (χ0v) is 9.73. The molecule has 1 aromatic rings. The molecule has 0 radical (unpaired) electrons. The number of benzene rings is 1. The highest BCUT2D eigenvalue weighted by Gasteiger charge is 2.53. The van der Waals surface area contributed by atoms with Crippen molar-refractivity contribution >= 4 is 27.6 Å². The van der Waals surface area contributed by atoms with E-state index in [9.17, 15) is 14.9 Å². The van der Waals surface area contributed by atoms with Crippen molar-refractivity contribution in [2.45, 2.75) is 18.3 Å². The lowest BCUT2D eigenvalue weighted by Gasteiger charge is -2.11. The van der Waals surface area contributed by atoms with Gasteiger partial charge in [0.25, 0.3) is 5.69 Å². The van der Waals surface area contributed by atoms with E-state index < -0.39 is 16.3 Å². The zero-order chi connectivity index (χ0) is 11.9. The van der Waals surface area contributed by atoms with Crippen molar-refractivity contribution < 1.29 is 14.8 Å². The first-order valence-corrected chi connectivity index (χ1v) is 5.45. The lowest BCUT2D eigenvalue weighted by molar-refractivity contribution is -0.385. The molecule has 2 rings (SSSR count). The topological polar surface area (TPSA) is 80.4 Å². The van der Waals surface area contributed by atoms with E-state index in [0.717, 1.165) is 0 Å². The highest BCUT2D eigenvalue weighted by atomic mass is 79.9. The molecule has 0 aliphatic heterocycles. The zero-order valence-electron chi connectivity index (χ0n) is 8.14. The van der Waals surface area contributed by atoms with Crippen LogP contribution in [0.25, 0.3) is 0 Å². The predicted octanol–water partition coefficient (Wildman–Crippen LogP) is 2.47. The summed E-state index contributed by atoms with van der Waals surface area (Å²) in [5.41, 5.74) is -0.524. The number of nitrogens with zero attached hydrogens (tertiary/aromatic N) is 1. The number of carboxylic acid groups (broad SMARTS) is 1. The first-order chi connectivity index (χ1) is 7.49. The molecule has 84 valence electrons. The molecule has 0 saturated heterocycles. The maximum atomic E-state index is 11.1. The smallest absolute Gasteiger partial charge is 0.314 e. The number of hydrogen-bond acceptors (Lipinski definition) is 3. The third-order valence-corrected chi connectivity index (χ3v) is 3.68. The van der Waals surface area contributed by atoms with Crippen molar-refractivity contribution in [3.63, 3.8) is 0 Å². The Balaban J connectivity index is 2.55. The van der Waals surface area contributed by atoms with Gasteiger partial charge in [-0.1, -0.05) is 12.1 Å². The Labute approximate surface area is 99.4 Å². The molecule has 1 aromatic carbocycles. The van der Waals surface area contributed by atoms with Gasteiger partial charge in [-0.25, -0.2) is 0 Å². The Morgan fingerprint density at radius 1 is 1.50 bits per heavy atom. The van der Waals surface area contributed by atoms with Crippen LogP contribution in [0.3, 0.4) is 0 Å². The molecule has 16 heavy (non-hydrogen) atoms. The van der Waals surface area contributed by atoms with Gasteiger partial charge in [0, 0.05) is 6.07 Å². The van der Waals surface area contributed by atoms with E-state index in [-0.39, 0.29) is 10.2 Å². The van der Waals surface area contributed by atoms with Crippen molar-refractivity contribution in [3.8, 4) is 0 Å². The van der Waals surface area contributed by atoms with E-state index in [0.29, 0.717) is 18.4 Å². The summed E-state index contributed by atoms with van der Waals surface area (Å²) < 4.78 is 0.278. The second-order valence-electron chi connectivity index (χ2n) is 3.78. The Hall–Kier alpha value is -1.43. The number of nitro benzene ring substituents is 1. The fraction of sp³-hybridized carbons (Fsp3) is 0.300. The molecular weight excluding hydrogens is 278 g/mol. The van der Waals surface area contributed by atoms with E-state index >= 15 is 0 Å². The summed E-state index contributed by atoms with van der Waals surface area (Å²) in [4.78, 5) is 21.3. The van der Waals surface area contributed by atoms with Gasteiger partial charge in [-0.05, 0) is 34.3 Å². The molecule has 0 heterocycles. The van der Waals surface area contributed by atoms with Gasteiger partial charge in [0.05, 0.1) is 14.8 Å². The number of aliphatic carboxylic acids is 1. The van der Waals surface area contributed by atoms with Crippen LogP contribution < -0.4 is 0 Å². The second-order valence-corrected chi connectivity index (χ2v) is 4.58. The summed E-state index contributed by atoms with van der Waals surface area (Å²) in [6, 6.07) is 4.49. The molecule has 0 unspecified atom stereocenters. The maximum absolute atomic E-state index is 11.1. The van der Waals surface area contributed by atoms with E-state index in [2.05, 4.69) is 15.9 Å². The van der Waals surface area contributed by atoms with E-state index in [1.54, 1.807) is 6.07 Å². The lowest BCUT2D eigenvalue weighted by atomic mass is 9.96. The largest absolute Gasteiger partial charge is 0.481 e. The van der Waals surface area contributed by atoms with Crippen LogP contribution in [0.5, 0.6) is 0 Å². The van der Waals surface area contributed by atoms with E-state index in [4.69, 9.17) is 5.11 Å². The second kappa shape index (κ2) is 3.55. The quantitative estimate of drug-likeness (QED) is 0.683. The number of halogens is 1. The molecule has 1 fully saturated rings. The lowest BCUT2D eigenvalue weighted by Crippen LogP contribution is -2.20. The van der Waals surface area contributed by atoms with Gasteiger partial charge in [0.2, 0.25) is 0 Å². The van der Waals surface area contributed by atoms with Gasteiger partial charge in [0.15, 0.2) is 0 Å².